The van der Waals surface area contributed by atoms with Crippen molar-refractivity contribution in [2.45, 2.75) is 13.8 Å². The van der Waals surface area contributed by atoms with Crippen LogP contribution < -0.4 is 4.90 Å². The van der Waals surface area contributed by atoms with E-state index in [1.165, 1.54) is 22.5 Å². The molecule has 0 atom stereocenters. The van der Waals surface area contributed by atoms with E-state index >= 15 is 0 Å². The Morgan fingerprint density at radius 2 is 1.45 bits per heavy atom. The molecule has 102 valence electrons. The summed E-state index contributed by atoms with van der Waals surface area (Å²) in [5, 5.41) is 0. The van der Waals surface area contributed by atoms with Crippen LogP contribution in [0.4, 0.5) is 11.4 Å². The highest BCUT2D eigenvalue weighted by Crippen LogP contribution is 2.18. The van der Waals surface area contributed by atoms with Crippen molar-refractivity contribution in [1.82, 2.24) is 0 Å². The van der Waals surface area contributed by atoms with E-state index in [0.29, 0.717) is 0 Å². The second-order valence-corrected chi connectivity index (χ2v) is 5.49. The molecule has 0 bridgehead atoms. The van der Waals surface area contributed by atoms with Gasteiger partial charge in [0.2, 0.25) is 5.69 Å². The molecule has 2 aromatic carbocycles. The maximum absolute atomic E-state index is 2.42. The van der Waals surface area contributed by atoms with Gasteiger partial charge < -0.3 is 4.90 Å². The molecule has 1 aliphatic heterocycles. The molecular formula is C18H21N2+. The van der Waals surface area contributed by atoms with Crippen LogP contribution in [0.1, 0.15) is 11.1 Å². The first-order valence-electron chi connectivity index (χ1n) is 7.21. The number of nitrogens with zero attached hydrogens (tertiary/aromatic N) is 2. The number of aryl methyl sites for hydroxylation is 2. The van der Waals surface area contributed by atoms with Gasteiger partial charge in [-0.3, -0.25) is 0 Å². The first kappa shape index (κ1) is 12.9. The van der Waals surface area contributed by atoms with Gasteiger partial charge in [-0.25, -0.2) is 0 Å². The van der Waals surface area contributed by atoms with Gasteiger partial charge in [0.05, 0.1) is 13.1 Å². The van der Waals surface area contributed by atoms with Gasteiger partial charge in [0.25, 0.3) is 0 Å². The molecule has 0 spiro atoms. The molecule has 3 rings (SSSR count). The maximum atomic E-state index is 2.42. The van der Waals surface area contributed by atoms with Crippen LogP contribution in [-0.2, 0) is 0 Å². The molecule has 0 radical (unpaired) electrons. The molecule has 0 aromatic heterocycles. The molecule has 0 aliphatic carbocycles. The minimum Gasteiger partial charge on any atom is -0.355 e. The van der Waals surface area contributed by atoms with Gasteiger partial charge in [0.1, 0.15) is 0 Å². The lowest BCUT2D eigenvalue weighted by Crippen LogP contribution is -2.38. The molecule has 2 heteroatoms. The van der Waals surface area contributed by atoms with Crippen molar-refractivity contribution < 1.29 is 4.58 Å². The molecule has 2 aromatic rings. The van der Waals surface area contributed by atoms with Crippen molar-refractivity contribution in [3.63, 3.8) is 0 Å². The van der Waals surface area contributed by atoms with Crippen LogP contribution in [0, 0.1) is 13.8 Å². The zero-order valence-corrected chi connectivity index (χ0v) is 12.2. The lowest BCUT2D eigenvalue weighted by Gasteiger charge is -2.25. The summed E-state index contributed by atoms with van der Waals surface area (Å²) in [6.45, 7) is 7.33. The lowest BCUT2D eigenvalue weighted by molar-refractivity contribution is -0.436. The van der Waals surface area contributed by atoms with Gasteiger partial charge in [-0.1, -0.05) is 35.4 Å². The minimum absolute atomic E-state index is 0.969. The Kier molecular flexibility index (Phi) is 3.55. The maximum Gasteiger partial charge on any atom is 0.205 e. The SMILES string of the molecule is Cc1ccc(N2CC=[N+](c3ccc(C)cc3)CC2)cc1. The summed E-state index contributed by atoms with van der Waals surface area (Å²) in [6.07, 6.45) is 2.29. The summed E-state index contributed by atoms with van der Waals surface area (Å²) < 4.78 is 2.35. The first-order chi connectivity index (χ1) is 9.72. The van der Waals surface area contributed by atoms with E-state index in [4.69, 9.17) is 0 Å². The highest BCUT2D eigenvalue weighted by Gasteiger charge is 2.18. The Hall–Kier alpha value is -2.09. The molecule has 20 heavy (non-hydrogen) atoms. The Morgan fingerprint density at radius 3 is 2.00 bits per heavy atom. The van der Waals surface area contributed by atoms with E-state index in [-0.39, 0.29) is 0 Å². The molecule has 0 fully saturated rings. The summed E-state index contributed by atoms with van der Waals surface area (Å²) >= 11 is 0. The van der Waals surface area contributed by atoms with Crippen molar-refractivity contribution >= 4 is 17.6 Å². The Balaban J connectivity index is 1.74. The Morgan fingerprint density at radius 1 is 0.850 bits per heavy atom. The van der Waals surface area contributed by atoms with Crippen LogP contribution in [0.3, 0.4) is 0 Å². The van der Waals surface area contributed by atoms with Crippen LogP contribution in [0.15, 0.2) is 48.5 Å². The van der Waals surface area contributed by atoms with E-state index < -0.39 is 0 Å². The topological polar surface area (TPSA) is 6.25 Å². The number of hydrogen-bond acceptors (Lipinski definition) is 1. The summed E-state index contributed by atoms with van der Waals surface area (Å²) in [5.41, 5.74) is 5.23. The second-order valence-electron chi connectivity index (χ2n) is 5.49. The first-order valence-corrected chi connectivity index (χ1v) is 7.21. The second kappa shape index (κ2) is 5.49. The highest BCUT2D eigenvalue weighted by atomic mass is 15.2. The largest absolute Gasteiger partial charge is 0.355 e. The van der Waals surface area contributed by atoms with Crippen molar-refractivity contribution in [1.29, 1.82) is 0 Å². The lowest BCUT2D eigenvalue weighted by atomic mass is 10.2. The molecule has 1 aliphatic rings. The molecular weight excluding hydrogens is 244 g/mol. The normalized spacial score (nSPS) is 15.1. The molecule has 0 saturated heterocycles. The molecule has 0 saturated carbocycles. The van der Waals surface area contributed by atoms with E-state index in [1.807, 2.05) is 0 Å². The van der Waals surface area contributed by atoms with E-state index in [1.54, 1.807) is 0 Å². The molecule has 0 N–H and O–H groups in total. The fraction of sp³-hybridized carbons (Fsp3) is 0.278. The van der Waals surface area contributed by atoms with Gasteiger partial charge in [-0.15, -0.1) is 0 Å². The molecule has 2 nitrogen and oxygen atoms in total. The van der Waals surface area contributed by atoms with Gasteiger partial charge in [0.15, 0.2) is 12.8 Å². The van der Waals surface area contributed by atoms with E-state index in [0.717, 1.165) is 19.6 Å². The fourth-order valence-electron chi connectivity index (χ4n) is 2.57. The van der Waals surface area contributed by atoms with Gasteiger partial charge in [0, 0.05) is 17.8 Å². The highest BCUT2D eigenvalue weighted by molar-refractivity contribution is 5.65. The average molecular weight is 265 g/mol. The smallest absolute Gasteiger partial charge is 0.205 e. The average Bonchev–Trinajstić information content (AvgIpc) is 2.49. The number of benzene rings is 2. The summed E-state index contributed by atoms with van der Waals surface area (Å²) in [5.74, 6) is 0. The molecule has 1 heterocycles. The van der Waals surface area contributed by atoms with Crippen molar-refractivity contribution in [2.75, 3.05) is 24.5 Å². The van der Waals surface area contributed by atoms with Crippen LogP contribution in [-0.4, -0.2) is 30.4 Å². The van der Waals surface area contributed by atoms with Crippen molar-refractivity contribution in [3.8, 4) is 0 Å². The number of anilines is 1. The third-order valence-corrected chi connectivity index (χ3v) is 3.90. The molecule has 0 unspecified atom stereocenters. The summed E-state index contributed by atoms with van der Waals surface area (Å²) in [4.78, 5) is 2.42. The van der Waals surface area contributed by atoms with E-state index in [2.05, 4.69) is 78.1 Å². The van der Waals surface area contributed by atoms with Gasteiger partial charge >= 0.3 is 0 Å². The quantitative estimate of drug-likeness (QED) is 0.753. The third-order valence-electron chi connectivity index (χ3n) is 3.90. The van der Waals surface area contributed by atoms with Gasteiger partial charge in [-0.05, 0) is 26.0 Å². The zero-order valence-electron chi connectivity index (χ0n) is 12.2. The van der Waals surface area contributed by atoms with Crippen LogP contribution >= 0.6 is 0 Å². The molecule has 0 amide bonds. The van der Waals surface area contributed by atoms with Gasteiger partial charge in [-0.2, -0.15) is 4.58 Å². The zero-order chi connectivity index (χ0) is 13.9. The Bertz CT molecular complexity index is 609. The Labute approximate surface area is 121 Å². The predicted octanol–water partition coefficient (Wildman–Crippen LogP) is 3.54. The van der Waals surface area contributed by atoms with E-state index in [9.17, 15) is 0 Å². The number of hydrogen-bond donors (Lipinski definition) is 0. The van der Waals surface area contributed by atoms with Crippen LogP contribution in [0.25, 0.3) is 0 Å². The van der Waals surface area contributed by atoms with Crippen molar-refractivity contribution in [3.05, 3.63) is 59.7 Å². The van der Waals surface area contributed by atoms with Crippen LogP contribution in [0.2, 0.25) is 0 Å². The summed E-state index contributed by atoms with van der Waals surface area (Å²) in [7, 11) is 0. The predicted molar refractivity (Wildman–Crippen MR) is 85.4 cm³/mol. The number of rotatable bonds is 2. The standard InChI is InChI=1S/C18H21N2/c1-15-3-7-17(8-4-15)19-11-13-20(14-12-19)18-9-5-16(2)6-10-18/h3-11H,12-14H2,1-2H3/q+1. The minimum atomic E-state index is 0.969. The van der Waals surface area contributed by atoms with Crippen molar-refractivity contribution in [2.24, 2.45) is 0 Å². The third kappa shape index (κ3) is 2.74. The fourth-order valence-corrected chi connectivity index (χ4v) is 2.57. The summed E-state index contributed by atoms with van der Waals surface area (Å²) in [6, 6.07) is 17.5. The monoisotopic (exact) mass is 265 g/mol. The van der Waals surface area contributed by atoms with Crippen LogP contribution in [0.5, 0.6) is 0 Å².